The van der Waals surface area contributed by atoms with Crippen molar-refractivity contribution < 1.29 is 198 Å². The smallest absolute Gasteiger partial charge is 0.311 e. The molecule has 138 heavy (non-hydrogen) atoms. The van der Waals surface area contributed by atoms with Gasteiger partial charge in [0.1, 0.15) is 61.8 Å². The van der Waals surface area contributed by atoms with E-state index in [0.29, 0.717) is 77.0 Å². The van der Waals surface area contributed by atoms with E-state index < -0.39 is 298 Å². The van der Waals surface area contributed by atoms with Gasteiger partial charge in [0.2, 0.25) is 82.1 Å². The number of unbranched alkanes of at least 4 members (excludes halogenated alkanes) is 9. The molecule has 0 saturated carbocycles. The van der Waals surface area contributed by atoms with Gasteiger partial charge in [-0.05, 0) is 44.9 Å². The monoisotopic (exact) mass is 1980 g/mol. The summed E-state index contributed by atoms with van der Waals surface area (Å²) in [5.41, 5.74) is -1.69. The third kappa shape index (κ3) is 42.7. The molecule has 0 radical (unpaired) electrons. The van der Waals surface area contributed by atoms with Gasteiger partial charge in [0, 0.05) is 168 Å². The zero-order chi connectivity index (χ0) is 102. The lowest BCUT2D eigenvalue weighted by Gasteiger charge is -2.44. The number of likely N-dealkylation sites (tertiary alicyclic amines) is 1. The predicted molar refractivity (Wildman–Crippen MR) is 457 cm³/mol. The van der Waals surface area contributed by atoms with Crippen LogP contribution in [0.15, 0.2) is 0 Å². The predicted octanol–water partition coefficient (Wildman–Crippen LogP) is 2.04. The lowest BCUT2D eigenvalue weighted by atomic mass is 9.95. The fraction of sp³-hybridized carbons (Fsp3) is 0.727. The van der Waals surface area contributed by atoms with Crippen molar-refractivity contribution in [1.82, 2.24) is 42.1 Å². The van der Waals surface area contributed by atoms with Gasteiger partial charge in [0.05, 0.1) is 45.6 Å². The quantitative estimate of drug-likeness (QED) is 0.00933. The number of hydrogen-bond acceptors (Lipinski definition) is 37. The first-order chi connectivity index (χ1) is 65.4. The van der Waals surface area contributed by atoms with Gasteiger partial charge in [0.25, 0.3) is 0 Å². The first-order valence-corrected chi connectivity index (χ1v) is 45.3. The van der Waals surface area contributed by atoms with Gasteiger partial charge in [-0.15, -0.1) is 0 Å². The molecule has 8 amide bonds. The lowest BCUT2D eigenvalue weighted by molar-refractivity contribution is -0.277. The van der Waals surface area contributed by atoms with Crippen LogP contribution in [-0.2, 0) is 172 Å². The molecule has 4 aliphatic rings. The van der Waals surface area contributed by atoms with Crippen molar-refractivity contribution in [2.45, 2.75) is 296 Å². The number of halogens is 5. The molecule has 4 saturated heterocycles. The molecular weight excluding hydrogens is 1860 g/mol. The van der Waals surface area contributed by atoms with Gasteiger partial charge in [-0.25, -0.2) is 13.2 Å². The average molecular weight is 1990 g/mol. The molecule has 45 nitrogen and oxygen atoms in total. The number of nitrogens with zero attached hydrogens (tertiary/aromatic N) is 1. The summed E-state index contributed by atoms with van der Waals surface area (Å²) >= 11 is 0. The summed E-state index contributed by atoms with van der Waals surface area (Å²) in [5, 5.41) is 19.2. The largest absolute Gasteiger partial charge is 0.463 e. The molecule has 15 unspecified atom stereocenters. The Morgan fingerprint density at radius 3 is 0.920 bits per heavy atom. The van der Waals surface area contributed by atoms with E-state index in [-0.39, 0.29) is 98.0 Å². The number of ether oxygens (including phenoxy) is 19. The van der Waals surface area contributed by atoms with Crippen molar-refractivity contribution in [3.63, 3.8) is 0 Å². The number of hydrogen-bond donors (Lipinski definition) is 7. The molecule has 4 heterocycles. The maximum Gasteiger partial charge on any atom is 0.311 e. The molecule has 15 atom stereocenters. The Morgan fingerprint density at radius 1 is 0.341 bits per heavy atom. The van der Waals surface area contributed by atoms with Crippen LogP contribution in [0, 0.1) is 35.0 Å². The SMILES string of the molecule is CC(=O)NC1C(OCCCCCCNC(=O)CCOCC(COCCC(=O)NCCCCCCOC2OC(COC(C)=O)C(OC(C)=O)C(OC(C)=O)C2NC(C)=O)(COCCC(=O)NCCCCCCOC2OC(COC(C)=O)C(OC(C)=O)C(OC(C)=O)C2NC(C)=O)NC(=O)C2CN(C(=O)CCCC(=O)Oc3c(F)c(F)c(F)c(F)c3F)C2)OC(COC(C)=O)C(OC(C)=O)C1OC(C)=O. The number of esters is 10. The summed E-state index contributed by atoms with van der Waals surface area (Å²) in [7, 11) is 0. The topological polar surface area (TPSA) is 570 Å². The molecule has 1 aromatic carbocycles. The van der Waals surface area contributed by atoms with Gasteiger partial charge in [-0.2, -0.15) is 8.78 Å². The van der Waals surface area contributed by atoms with Crippen LogP contribution in [0.1, 0.15) is 199 Å². The minimum absolute atomic E-state index is 0.0353. The normalized spacial score (nSPS) is 22.1. The maximum atomic E-state index is 14.5. The van der Waals surface area contributed by atoms with Gasteiger partial charge in [-0.3, -0.25) is 86.3 Å². The van der Waals surface area contributed by atoms with Crippen LogP contribution >= 0.6 is 0 Å². The Balaban J connectivity index is 1.26. The summed E-state index contributed by atoms with van der Waals surface area (Å²) in [6.45, 7) is 10.5. The minimum Gasteiger partial charge on any atom is -0.463 e. The summed E-state index contributed by atoms with van der Waals surface area (Å²) in [5.74, 6) is -27.3. The standard InChI is InChI=1S/C88H129F5N8O37/c1-48(102)97-74-81(132-57(10)111)77(129-54(7)108)61(42-126-51(4)105)135-85(74)123-34-22-16-13-19-31-94-64(114)28-37-120-45-88(100-84(119)60-40-101(41-60)67(117)26-25-27-68(118)138-80-72(92)70(90)69(89)71(91)73(80)93,46-121-38-29-65(115)95-32-20-14-17-23-35-124-86-75(98-49(2)103)82(133-58(11)112)78(130-55(8)109)62(136-86)43-127-52(5)106)47-122-39-30-66(116)96-33-21-15-18-24-36-125-87-76(99-50(3)104)83(134-59(12)113)79(131-56(9)110)63(137-87)44-128-53(6)107/h60-63,74-79,81-83,85-87H,13-47H2,1-12H3,(H,94,114)(H,95,115)(H,96,116)(H,97,102)(H,98,103)(H,99,104)(H,100,119). The number of carbonyl (C=O) groups excluding carboxylic acids is 18. The highest BCUT2D eigenvalue weighted by atomic mass is 19.2. The molecule has 778 valence electrons. The second-order valence-corrected chi connectivity index (χ2v) is 33.0. The van der Waals surface area contributed by atoms with Crippen LogP contribution in [0.4, 0.5) is 22.0 Å². The highest BCUT2D eigenvalue weighted by molar-refractivity contribution is 5.86. The first-order valence-electron chi connectivity index (χ1n) is 45.3. The highest BCUT2D eigenvalue weighted by Crippen LogP contribution is 2.34. The Morgan fingerprint density at radius 2 is 0.630 bits per heavy atom. The summed E-state index contributed by atoms with van der Waals surface area (Å²) in [6.07, 6.45) is -11.6. The third-order valence-electron chi connectivity index (χ3n) is 20.9. The van der Waals surface area contributed by atoms with Crippen molar-refractivity contribution in [3.8, 4) is 5.75 Å². The molecule has 0 bridgehead atoms. The van der Waals surface area contributed by atoms with Crippen LogP contribution in [0.5, 0.6) is 5.75 Å². The number of benzene rings is 1. The molecule has 4 aliphatic heterocycles. The van der Waals surface area contributed by atoms with E-state index in [1.54, 1.807) is 0 Å². The molecule has 5 rings (SSSR count). The minimum atomic E-state index is -2.48. The molecular formula is C88H129F5N8O37. The maximum absolute atomic E-state index is 14.5. The fourth-order valence-corrected chi connectivity index (χ4v) is 14.7. The van der Waals surface area contributed by atoms with Gasteiger partial charge in [-0.1, -0.05) is 38.5 Å². The van der Waals surface area contributed by atoms with Crippen LogP contribution in [0.2, 0.25) is 0 Å². The Kier molecular flexibility index (Phi) is 52.3. The van der Waals surface area contributed by atoms with Crippen molar-refractivity contribution in [1.29, 1.82) is 0 Å². The van der Waals surface area contributed by atoms with Crippen molar-refractivity contribution in [2.24, 2.45) is 5.92 Å². The van der Waals surface area contributed by atoms with E-state index in [4.69, 9.17) is 85.3 Å². The Bertz CT molecular complexity index is 3910. The molecule has 7 N–H and O–H groups in total. The van der Waals surface area contributed by atoms with E-state index in [2.05, 4.69) is 42.0 Å². The average Bonchev–Trinajstić information content (AvgIpc) is 0.793. The van der Waals surface area contributed by atoms with E-state index in [1.165, 1.54) is 25.7 Å². The highest BCUT2D eigenvalue weighted by Gasteiger charge is 2.55. The summed E-state index contributed by atoms with van der Waals surface area (Å²) in [6, 6.07) is -3.55. The van der Waals surface area contributed by atoms with Crippen LogP contribution < -0.4 is 42.0 Å². The molecule has 1 aromatic rings. The van der Waals surface area contributed by atoms with Crippen molar-refractivity contribution >= 4 is 107 Å². The van der Waals surface area contributed by atoms with E-state index in [0.717, 1.165) is 62.3 Å². The molecule has 0 spiro atoms. The van der Waals surface area contributed by atoms with Crippen molar-refractivity contribution in [3.05, 3.63) is 29.1 Å². The van der Waals surface area contributed by atoms with Crippen molar-refractivity contribution in [2.75, 3.05) is 112 Å². The van der Waals surface area contributed by atoms with Gasteiger partial charge < -0.3 is 132 Å². The number of nitrogens with one attached hydrogen (secondary N) is 7. The zero-order valence-corrected chi connectivity index (χ0v) is 79.4. The van der Waals surface area contributed by atoms with Crippen LogP contribution in [0.25, 0.3) is 0 Å². The second-order valence-electron chi connectivity index (χ2n) is 33.0. The van der Waals surface area contributed by atoms with Crippen LogP contribution in [0.3, 0.4) is 0 Å². The first kappa shape index (κ1) is 117. The van der Waals surface area contributed by atoms with Crippen LogP contribution in [-0.4, -0.2) is 321 Å². The van der Waals surface area contributed by atoms with E-state index >= 15 is 0 Å². The molecule has 0 aliphatic carbocycles. The Hall–Kier alpha value is -11.0. The fourth-order valence-electron chi connectivity index (χ4n) is 14.7. The van der Waals surface area contributed by atoms with E-state index in [9.17, 15) is 108 Å². The lowest BCUT2D eigenvalue weighted by Crippen LogP contribution is -2.66. The van der Waals surface area contributed by atoms with Gasteiger partial charge >= 0.3 is 59.7 Å². The molecule has 0 aromatic heterocycles. The summed E-state index contributed by atoms with van der Waals surface area (Å²) < 4.78 is 177. The molecule has 4 fully saturated rings. The number of amides is 8. The Labute approximate surface area is 793 Å². The third-order valence-corrected chi connectivity index (χ3v) is 20.9. The molecule has 50 heteroatoms. The second kappa shape index (κ2) is 61.4. The number of rotatable bonds is 61. The van der Waals surface area contributed by atoms with E-state index in [1.807, 2.05) is 0 Å². The zero-order valence-electron chi connectivity index (χ0n) is 79.4. The number of carbonyl (C=O) groups is 18. The van der Waals surface area contributed by atoms with Gasteiger partial charge in [0.15, 0.2) is 55.5 Å². The summed E-state index contributed by atoms with van der Waals surface area (Å²) in [4.78, 5) is 228.